The van der Waals surface area contributed by atoms with Crippen molar-refractivity contribution in [1.82, 2.24) is 10.2 Å². The highest BCUT2D eigenvalue weighted by Crippen LogP contribution is 2.27. The molecule has 0 spiro atoms. The highest BCUT2D eigenvalue weighted by molar-refractivity contribution is 6.27. The van der Waals surface area contributed by atoms with Gasteiger partial charge in [0.1, 0.15) is 11.9 Å². The Morgan fingerprint density at radius 2 is 1.67 bits per heavy atom. The van der Waals surface area contributed by atoms with E-state index in [2.05, 4.69) is 12.2 Å². The standard InChI is InChI=1S/C25H31ClN2O2/c1-18-8-12-21(13-9-18)24(25(30)27-22-14-10-19(2)11-15-22)28(23(29)16-26)17-20-6-4-3-5-7-20/h3-9,12-13,19,22,24H,10-11,14-17H2,1-2H3,(H,27,30)/t19?,22?,24-/m1/s1. The molecule has 1 N–H and O–H groups in total. The summed E-state index contributed by atoms with van der Waals surface area (Å²) >= 11 is 5.96. The van der Waals surface area contributed by atoms with Crippen LogP contribution in [0.5, 0.6) is 0 Å². The van der Waals surface area contributed by atoms with Crippen LogP contribution in [0.1, 0.15) is 55.3 Å². The topological polar surface area (TPSA) is 49.4 Å². The molecular weight excluding hydrogens is 396 g/mol. The lowest BCUT2D eigenvalue weighted by Crippen LogP contribution is -2.47. The number of hydrogen-bond donors (Lipinski definition) is 1. The minimum atomic E-state index is -0.712. The quantitative estimate of drug-likeness (QED) is 0.633. The van der Waals surface area contributed by atoms with E-state index in [0.717, 1.165) is 42.4 Å². The van der Waals surface area contributed by atoms with Gasteiger partial charge in [-0.1, -0.05) is 67.1 Å². The summed E-state index contributed by atoms with van der Waals surface area (Å²) in [5.74, 6) is 0.161. The van der Waals surface area contributed by atoms with Gasteiger partial charge in [-0.15, -0.1) is 11.6 Å². The molecule has 0 bridgehead atoms. The minimum absolute atomic E-state index is 0.132. The molecular formula is C25H31ClN2O2. The predicted octanol–water partition coefficient (Wildman–Crippen LogP) is 5.00. The summed E-state index contributed by atoms with van der Waals surface area (Å²) in [7, 11) is 0. The first-order valence-corrected chi connectivity index (χ1v) is 11.3. The summed E-state index contributed by atoms with van der Waals surface area (Å²) in [5, 5.41) is 3.22. The summed E-state index contributed by atoms with van der Waals surface area (Å²) in [5.41, 5.74) is 2.88. The molecule has 0 aliphatic heterocycles. The fraction of sp³-hybridized carbons (Fsp3) is 0.440. The average Bonchev–Trinajstić information content (AvgIpc) is 2.76. The van der Waals surface area contributed by atoms with Crippen molar-refractivity contribution in [3.05, 3.63) is 71.3 Å². The largest absolute Gasteiger partial charge is 0.351 e. The van der Waals surface area contributed by atoms with Gasteiger partial charge in [0.05, 0.1) is 0 Å². The monoisotopic (exact) mass is 426 g/mol. The number of carbonyl (C=O) groups excluding carboxylic acids is 2. The van der Waals surface area contributed by atoms with Gasteiger partial charge in [-0.3, -0.25) is 9.59 Å². The molecule has 2 aromatic carbocycles. The zero-order valence-electron chi connectivity index (χ0n) is 17.8. The van der Waals surface area contributed by atoms with Crippen LogP contribution in [0.4, 0.5) is 0 Å². The first kappa shape index (κ1) is 22.4. The molecule has 0 heterocycles. The van der Waals surface area contributed by atoms with Gasteiger partial charge in [0.2, 0.25) is 11.8 Å². The number of aryl methyl sites for hydroxylation is 1. The first-order chi connectivity index (χ1) is 14.5. The van der Waals surface area contributed by atoms with E-state index in [1.54, 1.807) is 4.90 Å². The van der Waals surface area contributed by atoms with Crippen LogP contribution in [0.2, 0.25) is 0 Å². The van der Waals surface area contributed by atoms with Crippen LogP contribution in [0.25, 0.3) is 0 Å². The third-order valence-electron chi connectivity index (χ3n) is 5.95. The van der Waals surface area contributed by atoms with Gasteiger partial charge in [0.25, 0.3) is 0 Å². The predicted molar refractivity (Wildman–Crippen MR) is 121 cm³/mol. The van der Waals surface area contributed by atoms with Crippen LogP contribution in [0, 0.1) is 12.8 Å². The summed E-state index contributed by atoms with van der Waals surface area (Å²) in [6, 6.07) is 17.0. The molecule has 1 atom stereocenters. The van der Waals surface area contributed by atoms with Crippen LogP contribution in [-0.4, -0.2) is 28.6 Å². The Bertz CT molecular complexity index is 830. The molecule has 1 aliphatic carbocycles. The Labute approximate surface area is 184 Å². The molecule has 5 heteroatoms. The Hall–Kier alpha value is -2.33. The van der Waals surface area contributed by atoms with E-state index in [1.807, 2.05) is 61.5 Å². The molecule has 0 radical (unpaired) electrons. The second-order valence-corrected chi connectivity index (χ2v) is 8.69. The van der Waals surface area contributed by atoms with Crippen LogP contribution in [0.3, 0.4) is 0 Å². The zero-order chi connectivity index (χ0) is 21.5. The molecule has 0 unspecified atom stereocenters. The molecule has 1 fully saturated rings. The highest BCUT2D eigenvalue weighted by atomic mass is 35.5. The van der Waals surface area contributed by atoms with Gasteiger partial charge in [0, 0.05) is 12.6 Å². The molecule has 4 nitrogen and oxygen atoms in total. The van der Waals surface area contributed by atoms with Crippen LogP contribution in [0.15, 0.2) is 54.6 Å². The van der Waals surface area contributed by atoms with Crippen molar-refractivity contribution >= 4 is 23.4 Å². The zero-order valence-corrected chi connectivity index (χ0v) is 18.6. The van der Waals surface area contributed by atoms with E-state index in [-0.39, 0.29) is 23.7 Å². The second kappa shape index (κ2) is 10.6. The molecule has 0 aromatic heterocycles. The van der Waals surface area contributed by atoms with Gasteiger partial charge in [0.15, 0.2) is 0 Å². The van der Waals surface area contributed by atoms with Gasteiger partial charge < -0.3 is 10.2 Å². The van der Waals surface area contributed by atoms with Crippen molar-refractivity contribution in [2.24, 2.45) is 5.92 Å². The second-order valence-electron chi connectivity index (χ2n) is 8.42. The van der Waals surface area contributed by atoms with E-state index < -0.39 is 6.04 Å². The molecule has 3 rings (SSSR count). The number of alkyl halides is 1. The summed E-state index contributed by atoms with van der Waals surface area (Å²) in [4.78, 5) is 27.9. The van der Waals surface area contributed by atoms with Gasteiger partial charge >= 0.3 is 0 Å². The first-order valence-electron chi connectivity index (χ1n) is 10.7. The third kappa shape index (κ3) is 5.85. The fourth-order valence-corrected chi connectivity index (χ4v) is 4.24. The SMILES string of the molecule is Cc1ccc([C@H](C(=O)NC2CCC(C)CC2)N(Cc2ccccc2)C(=O)CCl)cc1. The minimum Gasteiger partial charge on any atom is -0.351 e. The van der Waals surface area contributed by atoms with E-state index in [1.165, 1.54) is 0 Å². The molecule has 0 saturated heterocycles. The van der Waals surface area contributed by atoms with Crippen molar-refractivity contribution in [3.63, 3.8) is 0 Å². The smallest absolute Gasteiger partial charge is 0.247 e. The summed E-state index contributed by atoms with van der Waals surface area (Å²) in [6.07, 6.45) is 4.20. The number of hydrogen-bond acceptors (Lipinski definition) is 2. The lowest BCUT2D eigenvalue weighted by atomic mass is 9.87. The number of benzene rings is 2. The number of nitrogens with zero attached hydrogens (tertiary/aromatic N) is 1. The molecule has 160 valence electrons. The van der Waals surface area contributed by atoms with Crippen molar-refractivity contribution in [2.45, 2.75) is 58.2 Å². The molecule has 1 saturated carbocycles. The normalized spacial score (nSPS) is 19.7. The lowest BCUT2D eigenvalue weighted by molar-refractivity contribution is -0.140. The Morgan fingerprint density at radius 3 is 2.27 bits per heavy atom. The molecule has 2 amide bonds. The third-order valence-corrected chi connectivity index (χ3v) is 6.17. The number of amides is 2. The molecule has 30 heavy (non-hydrogen) atoms. The maximum absolute atomic E-state index is 13.5. The Balaban J connectivity index is 1.90. The molecule has 1 aliphatic rings. The fourth-order valence-electron chi connectivity index (χ4n) is 4.09. The van der Waals surface area contributed by atoms with E-state index in [4.69, 9.17) is 11.6 Å². The van der Waals surface area contributed by atoms with Crippen molar-refractivity contribution in [1.29, 1.82) is 0 Å². The van der Waals surface area contributed by atoms with Gasteiger partial charge in [-0.05, 0) is 49.7 Å². The maximum atomic E-state index is 13.5. The van der Waals surface area contributed by atoms with Crippen LogP contribution >= 0.6 is 11.6 Å². The lowest BCUT2D eigenvalue weighted by Gasteiger charge is -2.34. The number of nitrogens with one attached hydrogen (secondary N) is 1. The highest BCUT2D eigenvalue weighted by Gasteiger charge is 2.33. The average molecular weight is 427 g/mol. The summed E-state index contributed by atoms with van der Waals surface area (Å²) in [6.45, 7) is 4.60. The number of halogens is 1. The van der Waals surface area contributed by atoms with Crippen molar-refractivity contribution in [2.75, 3.05) is 5.88 Å². The Kier molecular flexibility index (Phi) is 7.92. The number of carbonyl (C=O) groups is 2. The Morgan fingerprint density at radius 1 is 1.03 bits per heavy atom. The van der Waals surface area contributed by atoms with Crippen LogP contribution < -0.4 is 5.32 Å². The van der Waals surface area contributed by atoms with E-state index in [9.17, 15) is 9.59 Å². The van der Waals surface area contributed by atoms with Gasteiger partial charge in [-0.25, -0.2) is 0 Å². The molecule has 2 aromatic rings. The maximum Gasteiger partial charge on any atom is 0.247 e. The number of rotatable bonds is 7. The van der Waals surface area contributed by atoms with Crippen molar-refractivity contribution in [3.8, 4) is 0 Å². The van der Waals surface area contributed by atoms with Crippen LogP contribution in [-0.2, 0) is 16.1 Å². The summed E-state index contributed by atoms with van der Waals surface area (Å²) < 4.78 is 0. The van der Waals surface area contributed by atoms with Gasteiger partial charge in [-0.2, -0.15) is 0 Å². The van der Waals surface area contributed by atoms with E-state index >= 15 is 0 Å². The van der Waals surface area contributed by atoms with E-state index in [0.29, 0.717) is 12.5 Å². The van der Waals surface area contributed by atoms with Crippen molar-refractivity contribution < 1.29 is 9.59 Å².